The van der Waals surface area contributed by atoms with E-state index in [9.17, 15) is 5.11 Å². The molecule has 0 amide bonds. The molecule has 2 aromatic rings. The molecule has 0 aliphatic rings. The Hall–Kier alpha value is -0.800. The Kier molecular flexibility index (Phi) is 2.61. The number of hydrogen-bond donors (Lipinski definition) is 1. The lowest BCUT2D eigenvalue weighted by atomic mass is 10.2. The van der Waals surface area contributed by atoms with Crippen molar-refractivity contribution in [1.29, 1.82) is 0 Å². The molecule has 0 atom stereocenters. The maximum atomic E-state index is 9.23. The van der Waals surface area contributed by atoms with Gasteiger partial charge in [-0.05, 0) is 19.1 Å². The molecule has 0 aliphatic carbocycles. The first-order chi connectivity index (χ1) is 6.77. The highest BCUT2D eigenvalue weighted by Crippen LogP contribution is 2.28. The minimum absolute atomic E-state index is 0.0894. The smallest absolute Gasteiger partial charge is 0.0703 e. The molecule has 74 valence electrons. The van der Waals surface area contributed by atoms with Crippen molar-refractivity contribution >= 4 is 26.8 Å². The van der Waals surface area contributed by atoms with Crippen LogP contribution in [-0.2, 0) is 13.2 Å². The SMILES string of the molecule is CCn1cc(CO)c2c(Br)cccc21. The molecule has 0 unspecified atom stereocenters. The van der Waals surface area contributed by atoms with Gasteiger partial charge >= 0.3 is 0 Å². The molecule has 2 nitrogen and oxygen atoms in total. The van der Waals surface area contributed by atoms with Crippen molar-refractivity contribution in [2.24, 2.45) is 0 Å². The Morgan fingerprint density at radius 1 is 1.43 bits per heavy atom. The first-order valence-electron chi connectivity index (χ1n) is 4.65. The number of aromatic nitrogens is 1. The highest BCUT2D eigenvalue weighted by Gasteiger charge is 2.08. The summed E-state index contributed by atoms with van der Waals surface area (Å²) >= 11 is 3.51. The van der Waals surface area contributed by atoms with Crippen molar-refractivity contribution in [1.82, 2.24) is 4.57 Å². The van der Waals surface area contributed by atoms with E-state index in [4.69, 9.17) is 0 Å². The summed E-state index contributed by atoms with van der Waals surface area (Å²) in [7, 11) is 0. The van der Waals surface area contributed by atoms with Crippen LogP contribution in [0.3, 0.4) is 0 Å². The molecule has 0 aliphatic heterocycles. The van der Waals surface area contributed by atoms with Gasteiger partial charge in [0, 0.05) is 33.7 Å². The molecule has 0 radical (unpaired) electrons. The summed E-state index contributed by atoms with van der Waals surface area (Å²) in [6.45, 7) is 3.11. The fourth-order valence-corrected chi connectivity index (χ4v) is 2.38. The van der Waals surface area contributed by atoms with Crippen LogP contribution in [0, 0.1) is 0 Å². The van der Waals surface area contributed by atoms with E-state index in [-0.39, 0.29) is 6.61 Å². The second-order valence-corrected chi connectivity index (χ2v) is 4.09. The Morgan fingerprint density at radius 2 is 2.21 bits per heavy atom. The number of benzene rings is 1. The standard InChI is InChI=1S/C11H12BrNO/c1-2-13-6-8(7-14)11-9(12)4-3-5-10(11)13/h3-6,14H,2,7H2,1H3. The average molecular weight is 254 g/mol. The van der Waals surface area contributed by atoms with Crippen molar-refractivity contribution in [3.8, 4) is 0 Å². The summed E-state index contributed by atoms with van der Waals surface area (Å²) in [4.78, 5) is 0. The van der Waals surface area contributed by atoms with Gasteiger partial charge in [-0.2, -0.15) is 0 Å². The van der Waals surface area contributed by atoms with Crippen molar-refractivity contribution in [3.05, 3.63) is 34.4 Å². The fraction of sp³-hybridized carbons (Fsp3) is 0.273. The van der Waals surface area contributed by atoms with Crippen LogP contribution in [0.25, 0.3) is 10.9 Å². The van der Waals surface area contributed by atoms with Gasteiger partial charge in [0.05, 0.1) is 6.61 Å². The van der Waals surface area contributed by atoms with Gasteiger partial charge in [0.1, 0.15) is 0 Å². The number of rotatable bonds is 2. The predicted molar refractivity (Wildman–Crippen MR) is 61.2 cm³/mol. The summed E-state index contributed by atoms with van der Waals surface area (Å²) in [5, 5.41) is 10.4. The highest BCUT2D eigenvalue weighted by molar-refractivity contribution is 9.10. The van der Waals surface area contributed by atoms with Crippen LogP contribution < -0.4 is 0 Å². The van der Waals surface area contributed by atoms with Crippen molar-refractivity contribution in [2.75, 3.05) is 0 Å². The van der Waals surface area contributed by atoms with E-state index >= 15 is 0 Å². The van der Waals surface area contributed by atoms with Gasteiger partial charge in [0.25, 0.3) is 0 Å². The van der Waals surface area contributed by atoms with Gasteiger partial charge in [-0.3, -0.25) is 0 Å². The lowest BCUT2D eigenvalue weighted by Crippen LogP contribution is -1.89. The first-order valence-corrected chi connectivity index (χ1v) is 5.44. The van der Waals surface area contributed by atoms with E-state index in [1.54, 1.807) is 0 Å². The van der Waals surface area contributed by atoms with E-state index in [2.05, 4.69) is 33.5 Å². The number of aryl methyl sites for hydroxylation is 1. The molecule has 0 bridgehead atoms. The summed E-state index contributed by atoms with van der Waals surface area (Å²) < 4.78 is 3.19. The van der Waals surface area contributed by atoms with E-state index in [1.165, 1.54) is 5.52 Å². The molecule has 1 N–H and O–H groups in total. The van der Waals surface area contributed by atoms with E-state index in [1.807, 2.05) is 18.3 Å². The third kappa shape index (κ3) is 1.37. The first kappa shape index (κ1) is 9.74. The normalized spacial score (nSPS) is 11.1. The van der Waals surface area contributed by atoms with Crippen LogP contribution in [0.5, 0.6) is 0 Å². The number of fused-ring (bicyclic) bond motifs is 1. The number of hydrogen-bond acceptors (Lipinski definition) is 1. The molecule has 0 saturated heterocycles. The predicted octanol–water partition coefficient (Wildman–Crippen LogP) is 2.92. The van der Waals surface area contributed by atoms with Crippen molar-refractivity contribution in [3.63, 3.8) is 0 Å². The maximum Gasteiger partial charge on any atom is 0.0703 e. The van der Waals surface area contributed by atoms with Gasteiger partial charge < -0.3 is 9.67 Å². The maximum absolute atomic E-state index is 9.23. The van der Waals surface area contributed by atoms with Crippen LogP contribution in [0.2, 0.25) is 0 Å². The summed E-state index contributed by atoms with van der Waals surface area (Å²) in [6.07, 6.45) is 2.01. The zero-order valence-electron chi connectivity index (χ0n) is 8.00. The largest absolute Gasteiger partial charge is 0.392 e. The number of aliphatic hydroxyl groups is 1. The zero-order valence-corrected chi connectivity index (χ0v) is 9.58. The molecule has 1 heterocycles. The molecule has 14 heavy (non-hydrogen) atoms. The lowest BCUT2D eigenvalue weighted by molar-refractivity contribution is 0.283. The summed E-state index contributed by atoms with van der Waals surface area (Å²) in [6, 6.07) is 6.09. The van der Waals surface area contributed by atoms with Crippen LogP contribution in [0.1, 0.15) is 12.5 Å². The third-order valence-electron chi connectivity index (χ3n) is 2.44. The van der Waals surface area contributed by atoms with Crippen LogP contribution in [0.15, 0.2) is 28.9 Å². The lowest BCUT2D eigenvalue weighted by Gasteiger charge is -2.00. The minimum Gasteiger partial charge on any atom is -0.392 e. The molecular weight excluding hydrogens is 242 g/mol. The Balaban J connectivity index is 2.82. The van der Waals surface area contributed by atoms with E-state index in [0.717, 1.165) is 22.0 Å². The fourth-order valence-electron chi connectivity index (χ4n) is 1.77. The van der Waals surface area contributed by atoms with Crippen molar-refractivity contribution in [2.45, 2.75) is 20.1 Å². The third-order valence-corrected chi connectivity index (χ3v) is 3.11. The second-order valence-electron chi connectivity index (χ2n) is 3.23. The molecule has 3 heteroatoms. The second kappa shape index (κ2) is 3.75. The average Bonchev–Trinajstić information content (AvgIpc) is 2.57. The van der Waals surface area contributed by atoms with Crippen LogP contribution >= 0.6 is 15.9 Å². The zero-order chi connectivity index (χ0) is 10.1. The molecular formula is C11H12BrNO. The summed E-state index contributed by atoms with van der Waals surface area (Å²) in [5.74, 6) is 0. The topological polar surface area (TPSA) is 25.2 Å². The molecule has 0 spiro atoms. The Bertz CT molecular complexity index is 462. The molecule has 1 aromatic carbocycles. The van der Waals surface area contributed by atoms with E-state index < -0.39 is 0 Å². The van der Waals surface area contributed by atoms with E-state index in [0.29, 0.717) is 0 Å². The van der Waals surface area contributed by atoms with Crippen molar-refractivity contribution < 1.29 is 5.11 Å². The number of halogens is 1. The quantitative estimate of drug-likeness (QED) is 0.875. The Morgan fingerprint density at radius 3 is 2.86 bits per heavy atom. The van der Waals surface area contributed by atoms with Gasteiger partial charge in [-0.1, -0.05) is 22.0 Å². The van der Waals surface area contributed by atoms with Crippen LogP contribution in [0.4, 0.5) is 0 Å². The molecule has 0 fully saturated rings. The Labute approximate surface area is 91.3 Å². The van der Waals surface area contributed by atoms with Gasteiger partial charge in [0.15, 0.2) is 0 Å². The van der Waals surface area contributed by atoms with Crippen LogP contribution in [-0.4, -0.2) is 9.67 Å². The minimum atomic E-state index is 0.0894. The highest BCUT2D eigenvalue weighted by atomic mass is 79.9. The van der Waals surface area contributed by atoms with Gasteiger partial charge in [0.2, 0.25) is 0 Å². The number of nitrogens with zero attached hydrogens (tertiary/aromatic N) is 1. The summed E-state index contributed by atoms with van der Waals surface area (Å²) in [5.41, 5.74) is 2.15. The molecule has 2 rings (SSSR count). The monoisotopic (exact) mass is 253 g/mol. The molecule has 1 aromatic heterocycles. The van der Waals surface area contributed by atoms with Gasteiger partial charge in [-0.15, -0.1) is 0 Å². The molecule has 0 saturated carbocycles. The van der Waals surface area contributed by atoms with Gasteiger partial charge in [-0.25, -0.2) is 0 Å². The number of aliphatic hydroxyl groups excluding tert-OH is 1.